The molecule has 0 aliphatic carbocycles. The van der Waals surface area contributed by atoms with Crippen molar-refractivity contribution in [2.45, 2.75) is 102 Å². The highest BCUT2D eigenvalue weighted by Gasteiger charge is 2.41. The monoisotopic (exact) mass is 704 g/mol. The van der Waals surface area contributed by atoms with Gasteiger partial charge in [-0.15, -0.1) is 0 Å². The second-order valence-electron chi connectivity index (χ2n) is 13.7. The Kier molecular flexibility index (Phi) is 14.1. The first kappa shape index (κ1) is 39.0. The van der Waals surface area contributed by atoms with Crippen LogP contribution in [0.1, 0.15) is 64.5 Å². The lowest BCUT2D eigenvalue weighted by Crippen LogP contribution is -2.59. The predicted octanol–water partition coefficient (Wildman–Crippen LogP) is 1.65. The van der Waals surface area contributed by atoms with Crippen LogP contribution in [-0.2, 0) is 41.6 Å². The maximum absolute atomic E-state index is 13.8. The molecule has 51 heavy (non-hydrogen) atoms. The minimum atomic E-state index is -1.09. The summed E-state index contributed by atoms with van der Waals surface area (Å²) >= 11 is 0. The number of benzene rings is 2. The van der Waals surface area contributed by atoms with Gasteiger partial charge < -0.3 is 36.2 Å². The van der Waals surface area contributed by atoms with Crippen LogP contribution < -0.4 is 21.3 Å². The van der Waals surface area contributed by atoms with Crippen molar-refractivity contribution in [3.8, 4) is 0 Å². The van der Waals surface area contributed by atoms with Crippen molar-refractivity contribution in [1.29, 1.82) is 0 Å². The van der Waals surface area contributed by atoms with Crippen LogP contribution in [0, 0.1) is 5.92 Å². The van der Waals surface area contributed by atoms with E-state index in [1.807, 2.05) is 81.4 Å². The molecule has 0 spiro atoms. The first-order chi connectivity index (χ1) is 24.4. The van der Waals surface area contributed by atoms with Crippen LogP contribution in [0.15, 0.2) is 60.7 Å². The minimum absolute atomic E-state index is 0.156. The van der Waals surface area contributed by atoms with E-state index in [2.05, 4.69) is 21.3 Å². The van der Waals surface area contributed by atoms with Crippen LogP contribution in [0.2, 0.25) is 0 Å². The number of likely N-dealkylation sites (N-methyl/N-ethyl adjacent to an activating group) is 1. The Hall–Kier alpha value is -4.78. The molecule has 276 valence electrons. The Morgan fingerprint density at radius 2 is 1.24 bits per heavy atom. The molecular weight excluding hydrogens is 652 g/mol. The summed E-state index contributed by atoms with van der Waals surface area (Å²) in [5.74, 6) is -3.65. The third-order valence-electron chi connectivity index (χ3n) is 9.58. The maximum Gasteiger partial charge on any atom is 0.326 e. The molecule has 2 aromatic carbocycles. The van der Waals surface area contributed by atoms with Crippen molar-refractivity contribution in [3.05, 3.63) is 71.8 Å². The van der Waals surface area contributed by atoms with Crippen LogP contribution in [0.5, 0.6) is 0 Å². The van der Waals surface area contributed by atoms with Crippen molar-refractivity contribution in [2.75, 3.05) is 19.6 Å². The summed E-state index contributed by atoms with van der Waals surface area (Å²) in [7, 11) is 0. The van der Waals surface area contributed by atoms with E-state index in [0.717, 1.165) is 11.1 Å². The maximum atomic E-state index is 13.8. The molecule has 2 fully saturated rings. The lowest BCUT2D eigenvalue weighted by Gasteiger charge is -2.31. The van der Waals surface area contributed by atoms with E-state index in [0.29, 0.717) is 38.6 Å². The molecule has 13 heteroatoms. The summed E-state index contributed by atoms with van der Waals surface area (Å²) in [6.45, 7) is 8.20. The standard InChI is InChI=1S/C38H52N6O7/c1-5-39-28(22-26-14-8-6-9-15-26)33(45)42-32(24(2)3)35(47)40-25(4)36(48)43-20-12-18-30(43)34(46)41-29(23-27-16-10-7-11-17-27)37(49)44-21-13-19-31(44)38(50)51/h6-11,14-17,24-25,28-32,39H,5,12-13,18-23H2,1-4H3,(H,40,47)(H,41,46)(H,42,45)(H,50,51)/t25-,28-,29-,30-,31-,32-/m0/s1. The number of hydrogen-bond acceptors (Lipinski definition) is 7. The average Bonchev–Trinajstić information content (AvgIpc) is 3.81. The fourth-order valence-corrected chi connectivity index (χ4v) is 6.86. The molecule has 6 atom stereocenters. The molecule has 5 N–H and O–H groups in total. The van der Waals surface area contributed by atoms with Crippen molar-refractivity contribution in [2.24, 2.45) is 5.92 Å². The van der Waals surface area contributed by atoms with Gasteiger partial charge in [0.25, 0.3) is 0 Å². The molecule has 2 aliphatic rings. The molecule has 0 aromatic heterocycles. The van der Waals surface area contributed by atoms with Gasteiger partial charge in [-0.05, 0) is 62.6 Å². The number of hydrogen-bond donors (Lipinski definition) is 5. The van der Waals surface area contributed by atoms with Gasteiger partial charge in [0.05, 0.1) is 6.04 Å². The Morgan fingerprint density at radius 1 is 0.706 bits per heavy atom. The zero-order chi connectivity index (χ0) is 37.1. The molecule has 0 radical (unpaired) electrons. The number of likely N-dealkylation sites (tertiary alicyclic amines) is 2. The summed E-state index contributed by atoms with van der Waals surface area (Å²) < 4.78 is 0. The van der Waals surface area contributed by atoms with Gasteiger partial charge in [-0.1, -0.05) is 81.4 Å². The van der Waals surface area contributed by atoms with E-state index in [-0.39, 0.29) is 31.3 Å². The highest BCUT2D eigenvalue weighted by Crippen LogP contribution is 2.22. The van der Waals surface area contributed by atoms with Crippen molar-refractivity contribution in [3.63, 3.8) is 0 Å². The predicted molar refractivity (Wildman–Crippen MR) is 191 cm³/mol. The Morgan fingerprint density at radius 3 is 1.76 bits per heavy atom. The topological polar surface area (TPSA) is 177 Å². The number of rotatable bonds is 16. The quantitative estimate of drug-likeness (QED) is 0.175. The van der Waals surface area contributed by atoms with Crippen LogP contribution in [0.3, 0.4) is 0 Å². The van der Waals surface area contributed by atoms with Crippen molar-refractivity contribution in [1.82, 2.24) is 31.1 Å². The fraction of sp³-hybridized carbons (Fsp3) is 0.526. The summed E-state index contributed by atoms with van der Waals surface area (Å²) in [5, 5.41) is 21.4. The van der Waals surface area contributed by atoms with Crippen molar-refractivity contribution >= 4 is 35.5 Å². The summed E-state index contributed by atoms with van der Waals surface area (Å²) in [4.78, 5) is 82.7. The molecule has 0 saturated carbocycles. The Bertz CT molecular complexity index is 1520. The number of carboxylic acid groups (broad SMARTS) is 1. The van der Waals surface area contributed by atoms with E-state index < -0.39 is 65.8 Å². The van der Waals surface area contributed by atoms with Crippen LogP contribution in [0.4, 0.5) is 0 Å². The van der Waals surface area contributed by atoms with Gasteiger partial charge in [-0.3, -0.25) is 24.0 Å². The average molecular weight is 705 g/mol. The van der Waals surface area contributed by atoms with Crippen LogP contribution >= 0.6 is 0 Å². The number of aliphatic carboxylic acids is 1. The minimum Gasteiger partial charge on any atom is -0.480 e. The molecule has 2 aliphatic heterocycles. The number of carbonyl (C=O) groups excluding carboxylic acids is 5. The normalized spacial score (nSPS) is 19.5. The SMILES string of the molecule is CCN[C@@H](Cc1ccccc1)C(=O)N[C@H](C(=O)N[C@@H](C)C(=O)N1CCC[C@H]1C(=O)N[C@@H](Cc1ccccc1)C(=O)N1CCC[C@H]1C(=O)O)C(C)C. The van der Waals surface area contributed by atoms with Gasteiger partial charge in [0, 0.05) is 19.5 Å². The molecule has 4 rings (SSSR count). The second kappa shape index (κ2) is 18.5. The fourth-order valence-electron chi connectivity index (χ4n) is 6.86. The van der Waals surface area contributed by atoms with Gasteiger partial charge in [-0.25, -0.2) is 4.79 Å². The number of nitrogens with one attached hydrogen (secondary N) is 4. The van der Waals surface area contributed by atoms with Crippen LogP contribution in [0.25, 0.3) is 0 Å². The van der Waals surface area contributed by atoms with Gasteiger partial charge in [0.1, 0.15) is 30.2 Å². The van der Waals surface area contributed by atoms with Crippen molar-refractivity contribution < 1.29 is 33.9 Å². The molecule has 0 bridgehead atoms. The third kappa shape index (κ3) is 10.4. The van der Waals surface area contributed by atoms with E-state index in [9.17, 15) is 33.9 Å². The number of carboxylic acids is 1. The van der Waals surface area contributed by atoms with E-state index in [1.165, 1.54) is 9.80 Å². The van der Waals surface area contributed by atoms with E-state index in [1.54, 1.807) is 6.92 Å². The first-order valence-corrected chi connectivity index (χ1v) is 18.0. The molecular formula is C38H52N6O7. The lowest BCUT2D eigenvalue weighted by molar-refractivity contribution is -0.149. The highest BCUT2D eigenvalue weighted by molar-refractivity contribution is 5.96. The lowest BCUT2D eigenvalue weighted by atomic mass is 10.0. The second-order valence-corrected chi connectivity index (χ2v) is 13.7. The Labute approximate surface area is 299 Å². The summed E-state index contributed by atoms with van der Waals surface area (Å²) in [6.07, 6.45) is 2.40. The van der Waals surface area contributed by atoms with Gasteiger partial charge in [0.2, 0.25) is 29.5 Å². The zero-order valence-electron chi connectivity index (χ0n) is 30.0. The molecule has 13 nitrogen and oxygen atoms in total. The van der Waals surface area contributed by atoms with Crippen LogP contribution in [-0.4, -0.2) is 106 Å². The largest absolute Gasteiger partial charge is 0.480 e. The zero-order valence-corrected chi connectivity index (χ0v) is 30.0. The van der Waals surface area contributed by atoms with Gasteiger partial charge in [0.15, 0.2) is 0 Å². The third-order valence-corrected chi connectivity index (χ3v) is 9.58. The molecule has 2 saturated heterocycles. The molecule has 0 unspecified atom stereocenters. The van der Waals surface area contributed by atoms with E-state index >= 15 is 0 Å². The Balaban J connectivity index is 1.42. The van der Waals surface area contributed by atoms with E-state index in [4.69, 9.17) is 0 Å². The number of amides is 5. The highest BCUT2D eigenvalue weighted by atomic mass is 16.4. The first-order valence-electron chi connectivity index (χ1n) is 18.0. The van der Waals surface area contributed by atoms with Gasteiger partial charge in [-0.2, -0.15) is 0 Å². The summed E-state index contributed by atoms with van der Waals surface area (Å²) in [6, 6.07) is 13.4. The summed E-state index contributed by atoms with van der Waals surface area (Å²) in [5.41, 5.74) is 1.77. The number of carbonyl (C=O) groups is 6. The molecule has 5 amide bonds. The van der Waals surface area contributed by atoms with Gasteiger partial charge >= 0.3 is 5.97 Å². The molecule has 2 heterocycles. The molecule has 2 aromatic rings. The smallest absolute Gasteiger partial charge is 0.326 e. The number of nitrogens with zero attached hydrogens (tertiary/aromatic N) is 2.